The van der Waals surface area contributed by atoms with Crippen molar-refractivity contribution in [2.24, 2.45) is 0 Å². The van der Waals surface area contributed by atoms with E-state index in [9.17, 15) is 4.79 Å². The van der Waals surface area contributed by atoms with E-state index in [4.69, 9.17) is 5.11 Å². The molecule has 1 atom stereocenters. The summed E-state index contributed by atoms with van der Waals surface area (Å²) in [6, 6.07) is 5.20. The van der Waals surface area contributed by atoms with Crippen LogP contribution in [-0.4, -0.2) is 39.1 Å². The van der Waals surface area contributed by atoms with Crippen LogP contribution in [-0.2, 0) is 0 Å². The van der Waals surface area contributed by atoms with Crippen LogP contribution in [0, 0.1) is 0 Å². The van der Waals surface area contributed by atoms with E-state index in [-0.39, 0.29) is 5.56 Å². The number of thioether (sulfide) groups is 1. The first-order valence-electron chi connectivity index (χ1n) is 6.35. The minimum absolute atomic E-state index is 0.234. The summed E-state index contributed by atoms with van der Waals surface area (Å²) in [7, 11) is 0. The first-order chi connectivity index (χ1) is 9.61. The summed E-state index contributed by atoms with van der Waals surface area (Å²) in [5.41, 5.74) is 0.872. The maximum Gasteiger partial charge on any atom is 0.335 e. The fourth-order valence-electron chi connectivity index (χ4n) is 1.91. The number of hydrogen-bond acceptors (Lipinski definition) is 5. The molecule has 0 aliphatic rings. The molecule has 0 bridgehead atoms. The van der Waals surface area contributed by atoms with Crippen molar-refractivity contribution < 1.29 is 9.90 Å². The molecule has 1 aromatic heterocycles. The van der Waals surface area contributed by atoms with Gasteiger partial charge in [0.15, 0.2) is 0 Å². The van der Waals surface area contributed by atoms with Gasteiger partial charge in [-0.2, -0.15) is 11.8 Å². The molecule has 6 heteroatoms. The molecule has 1 unspecified atom stereocenters. The Hall–Kier alpha value is -1.82. The van der Waals surface area contributed by atoms with Gasteiger partial charge in [-0.25, -0.2) is 14.8 Å². The Labute approximate surface area is 121 Å². The van der Waals surface area contributed by atoms with Crippen molar-refractivity contribution >= 4 is 34.5 Å². The summed E-state index contributed by atoms with van der Waals surface area (Å²) in [6.07, 6.45) is 4.58. The fourth-order valence-corrected chi connectivity index (χ4v) is 2.49. The third kappa shape index (κ3) is 3.39. The van der Waals surface area contributed by atoms with Gasteiger partial charge in [-0.05, 0) is 43.6 Å². The molecule has 0 spiro atoms. The molecule has 2 N–H and O–H groups in total. The first-order valence-corrected chi connectivity index (χ1v) is 7.74. The molecule has 2 rings (SSSR count). The number of carbonyl (C=O) groups is 1. The van der Waals surface area contributed by atoms with E-state index in [1.165, 1.54) is 6.33 Å². The zero-order valence-electron chi connectivity index (χ0n) is 11.5. The third-order valence-corrected chi connectivity index (χ3v) is 3.67. The predicted octanol–water partition coefficient (Wildman–Crippen LogP) is 2.88. The van der Waals surface area contributed by atoms with E-state index in [1.54, 1.807) is 18.2 Å². The monoisotopic (exact) mass is 291 g/mol. The molecule has 0 amide bonds. The lowest BCUT2D eigenvalue weighted by Crippen LogP contribution is -2.17. The zero-order chi connectivity index (χ0) is 14.5. The van der Waals surface area contributed by atoms with Crippen LogP contribution in [0.2, 0.25) is 0 Å². The molecule has 0 radical (unpaired) electrons. The Kier molecular flexibility index (Phi) is 4.79. The van der Waals surface area contributed by atoms with E-state index in [0.29, 0.717) is 11.6 Å². The number of rotatable bonds is 6. The quantitative estimate of drug-likeness (QED) is 0.852. The first kappa shape index (κ1) is 14.6. The molecule has 0 fully saturated rings. The highest BCUT2D eigenvalue weighted by Crippen LogP contribution is 2.21. The van der Waals surface area contributed by atoms with Crippen LogP contribution in [0.1, 0.15) is 23.7 Å². The molecule has 106 valence electrons. The van der Waals surface area contributed by atoms with Crippen LogP contribution >= 0.6 is 11.8 Å². The second kappa shape index (κ2) is 6.56. The molecule has 20 heavy (non-hydrogen) atoms. The number of aromatic nitrogens is 2. The van der Waals surface area contributed by atoms with Gasteiger partial charge in [0, 0.05) is 11.4 Å². The highest BCUT2D eigenvalue weighted by atomic mass is 32.2. The Bertz CT molecular complexity index is 618. The maximum atomic E-state index is 11.0. The molecular formula is C14H17N3O2S. The van der Waals surface area contributed by atoms with Crippen LogP contribution in [0.4, 0.5) is 5.82 Å². The van der Waals surface area contributed by atoms with E-state index >= 15 is 0 Å². The zero-order valence-corrected chi connectivity index (χ0v) is 12.3. The molecule has 0 aliphatic carbocycles. The smallest absolute Gasteiger partial charge is 0.335 e. The highest BCUT2D eigenvalue weighted by Gasteiger charge is 2.10. The van der Waals surface area contributed by atoms with Crippen molar-refractivity contribution in [3.8, 4) is 0 Å². The highest BCUT2D eigenvalue weighted by molar-refractivity contribution is 7.98. The van der Waals surface area contributed by atoms with Crippen molar-refractivity contribution in [2.45, 2.75) is 19.4 Å². The number of benzene rings is 1. The number of nitrogens with one attached hydrogen (secondary N) is 1. The normalized spacial score (nSPS) is 12.3. The number of anilines is 1. The Morgan fingerprint density at radius 2 is 2.25 bits per heavy atom. The van der Waals surface area contributed by atoms with Crippen molar-refractivity contribution in [1.82, 2.24) is 9.97 Å². The third-order valence-electron chi connectivity index (χ3n) is 3.02. The Morgan fingerprint density at radius 3 is 2.95 bits per heavy atom. The van der Waals surface area contributed by atoms with Crippen molar-refractivity contribution in [1.29, 1.82) is 0 Å². The molecule has 0 saturated carbocycles. The average molecular weight is 291 g/mol. The lowest BCUT2D eigenvalue weighted by atomic mass is 10.1. The minimum Gasteiger partial charge on any atom is -0.478 e. The van der Waals surface area contributed by atoms with E-state index in [1.807, 2.05) is 11.8 Å². The van der Waals surface area contributed by atoms with Crippen LogP contribution < -0.4 is 5.32 Å². The summed E-state index contributed by atoms with van der Waals surface area (Å²) in [5.74, 6) is 0.884. The molecular weight excluding hydrogens is 274 g/mol. The molecule has 0 aliphatic heterocycles. The van der Waals surface area contributed by atoms with E-state index in [0.717, 1.165) is 23.4 Å². The summed E-state index contributed by atoms with van der Waals surface area (Å²) in [6.45, 7) is 2.11. The number of hydrogen-bond donors (Lipinski definition) is 2. The molecule has 5 nitrogen and oxygen atoms in total. The fraction of sp³-hybridized carbons (Fsp3) is 0.357. The summed E-state index contributed by atoms with van der Waals surface area (Å²) >= 11 is 1.81. The average Bonchev–Trinajstić information content (AvgIpc) is 2.44. The largest absolute Gasteiger partial charge is 0.478 e. The van der Waals surface area contributed by atoms with Crippen LogP contribution in [0.3, 0.4) is 0 Å². The van der Waals surface area contributed by atoms with Crippen molar-refractivity contribution in [2.75, 3.05) is 17.3 Å². The molecule has 1 heterocycles. The number of aromatic carboxylic acids is 1. The van der Waals surface area contributed by atoms with Gasteiger partial charge in [-0.15, -0.1) is 0 Å². The van der Waals surface area contributed by atoms with Crippen LogP contribution in [0.15, 0.2) is 24.5 Å². The van der Waals surface area contributed by atoms with Gasteiger partial charge in [0.05, 0.1) is 11.1 Å². The number of carboxylic acid groups (broad SMARTS) is 1. The van der Waals surface area contributed by atoms with Gasteiger partial charge in [0.1, 0.15) is 12.1 Å². The molecule has 2 aromatic rings. The summed E-state index contributed by atoms with van der Waals surface area (Å²) < 4.78 is 0. The van der Waals surface area contributed by atoms with Gasteiger partial charge < -0.3 is 10.4 Å². The van der Waals surface area contributed by atoms with Gasteiger partial charge in [-0.3, -0.25) is 0 Å². The summed E-state index contributed by atoms with van der Waals surface area (Å²) in [5, 5.41) is 13.2. The second-order valence-electron chi connectivity index (χ2n) is 4.59. The minimum atomic E-state index is -0.951. The van der Waals surface area contributed by atoms with E-state index in [2.05, 4.69) is 28.5 Å². The standard InChI is InChI=1S/C14H17N3O2S/c1-9(5-6-20-2)17-13-11-4-3-10(14(18)19)7-12(11)15-8-16-13/h3-4,7-9H,5-6H2,1-2H3,(H,18,19)(H,15,16,17). The topological polar surface area (TPSA) is 75.1 Å². The van der Waals surface area contributed by atoms with E-state index < -0.39 is 5.97 Å². The van der Waals surface area contributed by atoms with Crippen molar-refractivity contribution in [3.05, 3.63) is 30.1 Å². The second-order valence-corrected chi connectivity index (χ2v) is 5.57. The van der Waals surface area contributed by atoms with Gasteiger partial charge in [0.25, 0.3) is 0 Å². The van der Waals surface area contributed by atoms with Crippen LogP contribution in [0.25, 0.3) is 10.9 Å². The molecule has 1 aromatic carbocycles. The predicted molar refractivity (Wildman–Crippen MR) is 82.6 cm³/mol. The van der Waals surface area contributed by atoms with Crippen molar-refractivity contribution in [3.63, 3.8) is 0 Å². The Balaban J connectivity index is 2.28. The number of fused-ring (bicyclic) bond motifs is 1. The SMILES string of the molecule is CSCCC(C)Nc1ncnc2cc(C(=O)O)ccc12. The van der Waals surface area contributed by atoms with Crippen LogP contribution in [0.5, 0.6) is 0 Å². The number of carboxylic acids is 1. The molecule has 0 saturated heterocycles. The van der Waals surface area contributed by atoms with Gasteiger partial charge in [0.2, 0.25) is 0 Å². The maximum absolute atomic E-state index is 11.0. The lowest BCUT2D eigenvalue weighted by molar-refractivity contribution is 0.0697. The Morgan fingerprint density at radius 1 is 1.45 bits per heavy atom. The van der Waals surface area contributed by atoms with Gasteiger partial charge >= 0.3 is 5.97 Å². The van der Waals surface area contributed by atoms with Gasteiger partial charge in [-0.1, -0.05) is 0 Å². The summed E-state index contributed by atoms with van der Waals surface area (Å²) in [4.78, 5) is 19.4. The number of nitrogens with zero attached hydrogens (tertiary/aromatic N) is 2. The lowest BCUT2D eigenvalue weighted by Gasteiger charge is -2.15.